The number of nitrogens with one attached hydrogen (secondary N) is 1. The second-order valence-electron chi connectivity index (χ2n) is 14.9. The first-order valence-electron chi connectivity index (χ1n) is 18.4. The summed E-state index contributed by atoms with van der Waals surface area (Å²) in [6.45, 7) is 5.22. The number of hydrogen-bond donors (Lipinski definition) is 2. The molecule has 1 aromatic heterocycles. The number of anilines is 2. The number of likely N-dealkylation sites (N-methyl/N-ethyl adjacent to an activating group) is 1. The number of carbonyl (C=O) groups is 4. The summed E-state index contributed by atoms with van der Waals surface area (Å²) in [6.07, 6.45) is 4.68. The van der Waals surface area contributed by atoms with E-state index in [9.17, 15) is 19.2 Å². The summed E-state index contributed by atoms with van der Waals surface area (Å²) in [4.78, 5) is 60.9. The van der Waals surface area contributed by atoms with Gasteiger partial charge in [0.05, 0.1) is 37.5 Å². The van der Waals surface area contributed by atoms with E-state index in [1.807, 2.05) is 44.2 Å². The van der Waals surface area contributed by atoms with E-state index >= 15 is 0 Å². The van der Waals surface area contributed by atoms with E-state index in [-0.39, 0.29) is 17.4 Å². The van der Waals surface area contributed by atoms with Crippen LogP contribution in [-0.4, -0.2) is 105 Å². The van der Waals surface area contributed by atoms with Crippen LogP contribution >= 0.6 is 11.6 Å². The number of halogens is 1. The van der Waals surface area contributed by atoms with Crippen LogP contribution in [0, 0.1) is 5.92 Å². The van der Waals surface area contributed by atoms with Gasteiger partial charge >= 0.3 is 12.1 Å². The molecule has 4 heterocycles. The molecule has 1 unspecified atom stereocenters. The van der Waals surface area contributed by atoms with E-state index in [1.165, 1.54) is 24.0 Å². The lowest BCUT2D eigenvalue weighted by atomic mass is 9.85. The summed E-state index contributed by atoms with van der Waals surface area (Å²) in [6, 6.07) is 10.0. The molecule has 15 heteroatoms. The second-order valence-corrected chi connectivity index (χ2v) is 15.3. The molecule has 0 spiro atoms. The number of hydrogen-bond acceptors (Lipinski definition) is 11. The van der Waals surface area contributed by atoms with E-state index in [1.54, 1.807) is 51.5 Å². The maximum atomic E-state index is 14.2. The van der Waals surface area contributed by atoms with Crippen molar-refractivity contribution in [2.24, 2.45) is 5.92 Å². The predicted octanol–water partition coefficient (Wildman–Crippen LogP) is 5.25. The number of nitrogen functional groups attached to an aromatic ring is 1. The number of benzene rings is 2. The third kappa shape index (κ3) is 8.62. The highest BCUT2D eigenvalue weighted by Gasteiger charge is 2.63. The number of alkyl carbamates (subject to hydrolysis) is 1. The molecule has 298 valence electrons. The fraction of sp³-hybridized carbons (Fsp3) is 0.439. The number of amides is 3. The van der Waals surface area contributed by atoms with Gasteiger partial charge in [-0.05, 0) is 61.5 Å². The minimum absolute atomic E-state index is 0.242. The number of pyridine rings is 1. The number of esters is 1. The van der Waals surface area contributed by atoms with Gasteiger partial charge in [0.25, 0.3) is 5.91 Å². The Bertz CT molecular complexity index is 2090. The van der Waals surface area contributed by atoms with Gasteiger partial charge in [0.15, 0.2) is 0 Å². The molecule has 0 saturated carbocycles. The Morgan fingerprint density at radius 2 is 1.93 bits per heavy atom. The van der Waals surface area contributed by atoms with Crippen molar-refractivity contribution in [1.82, 2.24) is 15.2 Å². The van der Waals surface area contributed by atoms with Gasteiger partial charge in [-0.25, -0.2) is 9.78 Å². The molecular formula is C41H48ClN5O9. The highest BCUT2D eigenvalue weighted by atomic mass is 35.5. The molecule has 56 heavy (non-hydrogen) atoms. The number of methoxy groups -OCH3 is 2. The fourth-order valence-corrected chi connectivity index (χ4v) is 7.84. The SMILES string of the molecule is COc1cc2cc(c1Cl)N(C)C(=O)C[C@H](OC(=O)CN(C)C(=O)c1ccc3cc(N)ncc3c1)[C@]1(C)O[C@H]1[C@H](C)[C@@H]1CC(NC(=O)O1)[C@H](OC)/C=C/C=C(\C)C2. The number of ether oxygens (including phenoxy) is 5. The van der Waals surface area contributed by atoms with Crippen molar-refractivity contribution >= 4 is 57.8 Å². The first kappa shape index (κ1) is 40.5. The molecular weight excluding hydrogens is 742 g/mol. The largest absolute Gasteiger partial charge is 0.495 e. The van der Waals surface area contributed by atoms with Crippen molar-refractivity contribution in [2.75, 3.05) is 45.5 Å². The Morgan fingerprint density at radius 1 is 1.16 bits per heavy atom. The van der Waals surface area contributed by atoms with Crippen molar-refractivity contribution in [3.05, 3.63) is 82.5 Å². The molecule has 3 aliphatic rings. The first-order chi connectivity index (χ1) is 26.6. The summed E-state index contributed by atoms with van der Waals surface area (Å²) in [5, 5.41) is 4.65. The third-order valence-corrected chi connectivity index (χ3v) is 11.2. The van der Waals surface area contributed by atoms with Crippen LogP contribution in [0.25, 0.3) is 10.8 Å². The van der Waals surface area contributed by atoms with Gasteiger partial charge in [0.2, 0.25) is 5.91 Å². The molecule has 3 amide bonds. The standard InChI is InChI=1S/C41H48ClN5O9/c1-22-9-8-10-30(52-6)28-18-31(54-40(51)45-28)23(2)38-41(3,56-38)33(19-35(48)47(5)29-14-24(13-22)15-32(53-7)37(29)42)55-36(49)21-46(4)39(50)26-12-11-25-17-34(43)44-20-27(25)16-26/h8-12,14-17,20,23,28,30-31,33,38H,13,18-19,21H2,1-7H3,(H2,43,44)(H,45,51)/b10-8+,22-9+/t23-,28?,30-,31+,33+,38+,41+/m1/s1. The van der Waals surface area contributed by atoms with Crippen molar-refractivity contribution in [3.63, 3.8) is 0 Å². The van der Waals surface area contributed by atoms with Crippen molar-refractivity contribution in [1.29, 1.82) is 0 Å². The number of carbonyl (C=O) groups excluding carboxylic acids is 4. The van der Waals surface area contributed by atoms with Gasteiger partial charge in [-0.3, -0.25) is 14.4 Å². The van der Waals surface area contributed by atoms with Crippen LogP contribution < -0.4 is 20.7 Å². The van der Waals surface area contributed by atoms with E-state index in [4.69, 9.17) is 41.0 Å². The maximum Gasteiger partial charge on any atom is 0.407 e. The lowest BCUT2D eigenvalue weighted by Crippen LogP contribution is -2.53. The molecule has 0 aliphatic carbocycles. The van der Waals surface area contributed by atoms with Gasteiger partial charge in [0.1, 0.15) is 40.9 Å². The summed E-state index contributed by atoms with van der Waals surface area (Å²) >= 11 is 6.78. The molecule has 7 atom stereocenters. The molecule has 4 bridgehead atoms. The number of epoxide rings is 1. The Morgan fingerprint density at radius 3 is 2.66 bits per heavy atom. The predicted molar refractivity (Wildman–Crippen MR) is 211 cm³/mol. The molecule has 3 N–H and O–H groups in total. The van der Waals surface area contributed by atoms with Crippen molar-refractivity contribution in [3.8, 4) is 5.75 Å². The van der Waals surface area contributed by atoms with Crippen LogP contribution in [0.1, 0.15) is 49.5 Å². The minimum atomic E-state index is -1.15. The molecule has 6 rings (SSSR count). The van der Waals surface area contributed by atoms with E-state index in [2.05, 4.69) is 10.3 Å². The summed E-state index contributed by atoms with van der Waals surface area (Å²) in [5.41, 5.74) is 7.25. The monoisotopic (exact) mass is 789 g/mol. The molecule has 2 fully saturated rings. The van der Waals surface area contributed by atoms with Gasteiger partial charge in [0, 0.05) is 50.7 Å². The highest BCUT2D eigenvalue weighted by Crippen LogP contribution is 2.48. The van der Waals surface area contributed by atoms with Gasteiger partial charge < -0.3 is 44.5 Å². The van der Waals surface area contributed by atoms with Crippen molar-refractivity contribution in [2.45, 2.75) is 76.1 Å². The second kappa shape index (κ2) is 16.5. The zero-order valence-corrected chi connectivity index (χ0v) is 33.3. The average Bonchev–Trinajstić information content (AvgIpc) is 3.87. The lowest BCUT2D eigenvalue weighted by Gasteiger charge is -2.36. The lowest BCUT2D eigenvalue weighted by molar-refractivity contribution is -0.154. The molecule has 2 saturated heterocycles. The van der Waals surface area contributed by atoms with Crippen LogP contribution in [0.2, 0.25) is 5.02 Å². The summed E-state index contributed by atoms with van der Waals surface area (Å²) in [7, 11) is 6.17. The molecule has 0 radical (unpaired) electrons. The van der Waals surface area contributed by atoms with Crippen LogP contribution in [0.4, 0.5) is 16.3 Å². The van der Waals surface area contributed by atoms with Crippen LogP contribution in [0.3, 0.4) is 0 Å². The Labute approximate surface area is 330 Å². The van der Waals surface area contributed by atoms with Crippen LogP contribution in [0.15, 0.2) is 66.4 Å². The van der Waals surface area contributed by atoms with Crippen LogP contribution in [0.5, 0.6) is 5.75 Å². The number of fused-ring (bicyclic) bond motifs is 6. The van der Waals surface area contributed by atoms with Gasteiger partial charge in [-0.1, -0.05) is 48.4 Å². The molecule has 14 nitrogen and oxygen atoms in total. The van der Waals surface area contributed by atoms with Crippen molar-refractivity contribution < 1.29 is 42.9 Å². The number of allylic oxidation sites excluding steroid dienone is 3. The Hall–Kier alpha value is -5.18. The van der Waals surface area contributed by atoms with E-state index in [0.717, 1.165) is 16.5 Å². The minimum Gasteiger partial charge on any atom is -0.495 e. The maximum absolute atomic E-state index is 14.2. The Balaban J connectivity index is 1.30. The van der Waals surface area contributed by atoms with Crippen LogP contribution in [-0.2, 0) is 35.0 Å². The fourth-order valence-electron chi connectivity index (χ4n) is 7.53. The zero-order valence-electron chi connectivity index (χ0n) is 32.5. The molecule has 3 aliphatic heterocycles. The number of nitrogens with zero attached hydrogens (tertiary/aromatic N) is 3. The molecule has 3 aromatic rings. The smallest absolute Gasteiger partial charge is 0.407 e. The average molecular weight is 790 g/mol. The number of rotatable bonds is 6. The highest BCUT2D eigenvalue weighted by molar-refractivity contribution is 6.35. The third-order valence-electron chi connectivity index (χ3n) is 10.8. The number of aromatic nitrogens is 1. The van der Waals surface area contributed by atoms with E-state index in [0.29, 0.717) is 41.0 Å². The summed E-state index contributed by atoms with van der Waals surface area (Å²) < 4.78 is 29.5. The van der Waals surface area contributed by atoms with Gasteiger partial charge in [-0.2, -0.15) is 0 Å². The first-order valence-corrected chi connectivity index (χ1v) is 18.7. The Kier molecular flexibility index (Phi) is 11.9. The quantitative estimate of drug-likeness (QED) is 0.247. The van der Waals surface area contributed by atoms with Gasteiger partial charge in [-0.15, -0.1) is 0 Å². The zero-order chi connectivity index (χ0) is 40.5. The summed E-state index contributed by atoms with van der Waals surface area (Å²) in [5.74, 6) is -1.19. The topological polar surface area (TPSA) is 175 Å². The molecule has 2 aromatic carbocycles. The number of nitrogens with two attached hydrogens (primary N) is 1. The normalized spacial score (nSPS) is 28.2. The van der Waals surface area contributed by atoms with E-state index < -0.39 is 66.5 Å².